The summed E-state index contributed by atoms with van der Waals surface area (Å²) in [6.07, 6.45) is 0. The topological polar surface area (TPSA) is 86.1 Å². The number of aromatic nitrogens is 3. The highest BCUT2D eigenvalue weighted by Gasteiger charge is 2.23. The Hall–Kier alpha value is -3.43. The van der Waals surface area contributed by atoms with Gasteiger partial charge in [0.05, 0.1) is 12.9 Å². The molecule has 0 bridgehead atoms. The Morgan fingerprint density at radius 3 is 2.43 bits per heavy atom. The second-order valence-electron chi connectivity index (χ2n) is 8.20. The number of rotatable bonds is 7. The van der Waals surface area contributed by atoms with Gasteiger partial charge in [-0.3, -0.25) is 9.36 Å². The summed E-state index contributed by atoms with van der Waals surface area (Å²) in [6, 6.07) is 14.1. The number of benzene rings is 2. The predicted octanol–water partition coefficient (Wildman–Crippen LogP) is 5.75. The summed E-state index contributed by atoms with van der Waals surface area (Å²) in [5.74, 6) is 0.119. The van der Waals surface area contributed by atoms with E-state index in [1.54, 1.807) is 0 Å². The van der Waals surface area contributed by atoms with Crippen LogP contribution >= 0.6 is 23.1 Å². The Bertz CT molecular complexity index is 1390. The number of esters is 1. The minimum Gasteiger partial charge on any atom is -0.465 e. The number of amides is 1. The van der Waals surface area contributed by atoms with Gasteiger partial charge in [0.1, 0.15) is 16.4 Å². The Morgan fingerprint density at radius 2 is 1.71 bits per heavy atom. The van der Waals surface area contributed by atoms with E-state index >= 15 is 0 Å². The van der Waals surface area contributed by atoms with Crippen LogP contribution < -0.4 is 5.32 Å². The van der Waals surface area contributed by atoms with Crippen LogP contribution in [0.3, 0.4) is 0 Å². The number of hydrogen-bond donors (Lipinski definition) is 1. The van der Waals surface area contributed by atoms with Crippen molar-refractivity contribution in [2.45, 2.75) is 32.9 Å². The van der Waals surface area contributed by atoms with Crippen LogP contribution in [0, 0.1) is 27.7 Å². The lowest BCUT2D eigenvalue weighted by Gasteiger charge is -2.11. The molecule has 2 aromatic heterocycles. The van der Waals surface area contributed by atoms with E-state index in [4.69, 9.17) is 4.74 Å². The maximum absolute atomic E-state index is 12.9. The fourth-order valence-electron chi connectivity index (χ4n) is 3.70. The summed E-state index contributed by atoms with van der Waals surface area (Å²) in [4.78, 5) is 25.6. The molecule has 0 aliphatic carbocycles. The van der Waals surface area contributed by atoms with Gasteiger partial charge in [-0.1, -0.05) is 53.2 Å². The number of thiophene rings is 1. The van der Waals surface area contributed by atoms with Crippen molar-refractivity contribution in [1.82, 2.24) is 14.8 Å². The number of nitrogens with zero attached hydrogens (tertiary/aromatic N) is 3. The summed E-state index contributed by atoms with van der Waals surface area (Å²) in [6.45, 7) is 7.90. The first-order chi connectivity index (χ1) is 16.8. The number of carbonyl (C=O) groups excluding carboxylic acids is 2. The first kappa shape index (κ1) is 24.7. The summed E-state index contributed by atoms with van der Waals surface area (Å²) in [5.41, 5.74) is 6.28. The van der Waals surface area contributed by atoms with Crippen LogP contribution in [0.1, 0.15) is 32.9 Å². The van der Waals surface area contributed by atoms with Gasteiger partial charge in [-0.25, -0.2) is 4.79 Å². The molecule has 0 aliphatic rings. The van der Waals surface area contributed by atoms with Crippen LogP contribution in [0.15, 0.2) is 53.0 Å². The first-order valence-electron chi connectivity index (χ1n) is 11.0. The lowest BCUT2D eigenvalue weighted by atomic mass is 9.97. The Morgan fingerprint density at radius 1 is 1.00 bits per heavy atom. The molecule has 0 aliphatic heterocycles. The molecular formula is C26H26N4O3S2. The van der Waals surface area contributed by atoms with E-state index in [0.29, 0.717) is 15.7 Å². The molecule has 9 heteroatoms. The number of ether oxygens (including phenoxy) is 1. The van der Waals surface area contributed by atoms with Crippen LogP contribution in [-0.4, -0.2) is 39.5 Å². The van der Waals surface area contributed by atoms with Crippen molar-refractivity contribution in [2.24, 2.45) is 0 Å². The molecule has 0 spiro atoms. The molecule has 0 atom stereocenters. The molecule has 2 heterocycles. The highest BCUT2D eigenvalue weighted by Crippen LogP contribution is 2.38. The zero-order valence-electron chi connectivity index (χ0n) is 20.2. The highest BCUT2D eigenvalue weighted by atomic mass is 32.2. The number of carbonyl (C=O) groups is 2. The zero-order valence-corrected chi connectivity index (χ0v) is 21.8. The van der Waals surface area contributed by atoms with E-state index in [1.807, 2.05) is 80.1 Å². The van der Waals surface area contributed by atoms with Crippen LogP contribution in [0.4, 0.5) is 5.00 Å². The third-order valence-corrected chi connectivity index (χ3v) is 7.36. The quantitative estimate of drug-likeness (QED) is 0.254. The van der Waals surface area contributed by atoms with Crippen molar-refractivity contribution >= 4 is 40.0 Å². The predicted molar refractivity (Wildman–Crippen MR) is 141 cm³/mol. The molecule has 7 nitrogen and oxygen atoms in total. The van der Waals surface area contributed by atoms with Crippen molar-refractivity contribution in [3.63, 3.8) is 0 Å². The molecule has 4 rings (SSSR count). The smallest absolute Gasteiger partial charge is 0.341 e. The number of nitrogens with one attached hydrogen (secondary N) is 1. The van der Waals surface area contributed by atoms with Gasteiger partial charge >= 0.3 is 5.97 Å². The zero-order chi connectivity index (χ0) is 25.1. The molecule has 4 aromatic rings. The van der Waals surface area contributed by atoms with E-state index in [1.165, 1.54) is 30.2 Å². The summed E-state index contributed by atoms with van der Waals surface area (Å²) >= 11 is 2.60. The van der Waals surface area contributed by atoms with Crippen molar-refractivity contribution < 1.29 is 14.3 Å². The molecular weight excluding hydrogens is 480 g/mol. The van der Waals surface area contributed by atoms with E-state index in [0.717, 1.165) is 39.3 Å². The molecule has 0 unspecified atom stereocenters. The number of anilines is 1. The Labute approximate surface area is 212 Å². The van der Waals surface area contributed by atoms with Crippen LogP contribution in [-0.2, 0) is 9.53 Å². The van der Waals surface area contributed by atoms with Crippen LogP contribution in [0.2, 0.25) is 0 Å². The monoisotopic (exact) mass is 506 g/mol. The fourth-order valence-corrected chi connectivity index (χ4v) is 5.46. The van der Waals surface area contributed by atoms with Crippen molar-refractivity contribution in [3.05, 3.63) is 75.9 Å². The van der Waals surface area contributed by atoms with Gasteiger partial charge in [-0.2, -0.15) is 0 Å². The maximum atomic E-state index is 12.9. The standard InChI is InChI=1S/C26H26N4O3S2/c1-15-7-10-19(11-8-15)30-18(4)28-29-26(30)35-14-22(31)27-24-23(25(32)33-5)21(13-34-24)20-12-16(2)6-9-17(20)3/h6-13H,14H2,1-5H3,(H,27,31). The molecule has 0 radical (unpaired) electrons. The first-order valence-corrected chi connectivity index (χ1v) is 12.8. The number of hydrogen-bond acceptors (Lipinski definition) is 7. The number of aryl methyl sites for hydroxylation is 4. The molecule has 180 valence electrons. The molecule has 0 saturated carbocycles. The lowest BCUT2D eigenvalue weighted by Crippen LogP contribution is -2.16. The summed E-state index contributed by atoms with van der Waals surface area (Å²) in [7, 11) is 1.34. The van der Waals surface area contributed by atoms with Gasteiger partial charge in [0, 0.05) is 16.6 Å². The third kappa shape index (κ3) is 5.31. The van der Waals surface area contributed by atoms with Crippen LogP contribution in [0.5, 0.6) is 0 Å². The minimum atomic E-state index is -0.486. The fraction of sp³-hybridized carbons (Fsp3) is 0.231. The van der Waals surface area contributed by atoms with Gasteiger partial charge < -0.3 is 10.1 Å². The Kier molecular flexibility index (Phi) is 7.37. The largest absolute Gasteiger partial charge is 0.465 e. The van der Waals surface area contributed by atoms with Gasteiger partial charge in [-0.15, -0.1) is 21.5 Å². The molecule has 1 N–H and O–H groups in total. The lowest BCUT2D eigenvalue weighted by molar-refractivity contribution is -0.113. The molecule has 1 amide bonds. The van der Waals surface area contributed by atoms with Crippen molar-refractivity contribution in [2.75, 3.05) is 18.2 Å². The molecule has 0 fully saturated rings. The summed E-state index contributed by atoms with van der Waals surface area (Å²) in [5, 5.41) is 14.3. The van der Waals surface area contributed by atoms with Crippen molar-refractivity contribution in [1.29, 1.82) is 0 Å². The third-order valence-electron chi connectivity index (χ3n) is 5.54. The second-order valence-corrected chi connectivity index (χ2v) is 10.0. The van der Waals surface area contributed by atoms with Gasteiger partial charge in [0.15, 0.2) is 5.16 Å². The average Bonchev–Trinajstić information content (AvgIpc) is 3.42. The van der Waals surface area contributed by atoms with Crippen LogP contribution in [0.25, 0.3) is 16.8 Å². The molecule has 35 heavy (non-hydrogen) atoms. The second kappa shape index (κ2) is 10.5. The SMILES string of the molecule is COC(=O)c1c(-c2cc(C)ccc2C)csc1NC(=O)CSc1nnc(C)n1-c1ccc(C)cc1. The van der Waals surface area contributed by atoms with Gasteiger partial charge in [0.25, 0.3) is 0 Å². The summed E-state index contributed by atoms with van der Waals surface area (Å²) < 4.78 is 6.96. The van der Waals surface area contributed by atoms with E-state index in [-0.39, 0.29) is 11.7 Å². The highest BCUT2D eigenvalue weighted by molar-refractivity contribution is 7.99. The van der Waals surface area contributed by atoms with Gasteiger partial charge in [-0.05, 0) is 51.0 Å². The number of methoxy groups -OCH3 is 1. The maximum Gasteiger partial charge on any atom is 0.341 e. The average molecular weight is 507 g/mol. The van der Waals surface area contributed by atoms with Crippen molar-refractivity contribution in [3.8, 4) is 16.8 Å². The van der Waals surface area contributed by atoms with E-state index in [9.17, 15) is 9.59 Å². The molecule has 2 aromatic carbocycles. The minimum absolute atomic E-state index is 0.112. The van der Waals surface area contributed by atoms with E-state index < -0.39 is 5.97 Å². The molecule has 0 saturated heterocycles. The Balaban J connectivity index is 1.55. The normalized spacial score (nSPS) is 10.9. The van der Waals surface area contributed by atoms with Gasteiger partial charge in [0.2, 0.25) is 5.91 Å². The van der Waals surface area contributed by atoms with E-state index in [2.05, 4.69) is 15.5 Å². The number of thioether (sulfide) groups is 1.